The summed E-state index contributed by atoms with van der Waals surface area (Å²) in [5.74, 6) is -0.900. The van der Waals surface area contributed by atoms with Gasteiger partial charge in [-0.25, -0.2) is 0 Å². The van der Waals surface area contributed by atoms with Crippen molar-refractivity contribution in [1.29, 1.82) is 0 Å². The lowest BCUT2D eigenvalue weighted by Crippen LogP contribution is -2.53. The molecule has 2 aliphatic carbocycles. The summed E-state index contributed by atoms with van der Waals surface area (Å²) in [5, 5.41) is 20.4. The summed E-state index contributed by atoms with van der Waals surface area (Å²) in [7, 11) is 0. The van der Waals surface area contributed by atoms with Gasteiger partial charge in [-0.15, -0.1) is 0 Å². The minimum atomic E-state index is -0.815. The molecule has 1 aromatic carbocycles. The largest absolute Gasteiger partial charge is 0.481 e. The third-order valence-electron chi connectivity index (χ3n) is 6.31. The Morgan fingerprint density at radius 2 is 1.91 bits per heavy atom. The van der Waals surface area contributed by atoms with Crippen LogP contribution in [-0.2, 0) is 10.2 Å². The molecule has 23 heavy (non-hydrogen) atoms. The van der Waals surface area contributed by atoms with Gasteiger partial charge in [-0.1, -0.05) is 25.5 Å². The van der Waals surface area contributed by atoms with Crippen molar-refractivity contribution >= 4 is 11.8 Å². The summed E-state index contributed by atoms with van der Waals surface area (Å²) in [4.78, 5) is 23.5. The Morgan fingerprint density at radius 1 is 1.22 bits per heavy atom. The number of ketones is 1. The molecule has 0 amide bonds. The number of carboxylic acids is 1. The molecule has 4 nitrogen and oxygen atoms in total. The van der Waals surface area contributed by atoms with E-state index in [9.17, 15) is 19.8 Å². The maximum Gasteiger partial charge on any atom is 0.309 e. The van der Waals surface area contributed by atoms with Crippen LogP contribution in [0.4, 0.5) is 0 Å². The van der Waals surface area contributed by atoms with E-state index < -0.39 is 17.5 Å². The summed E-state index contributed by atoms with van der Waals surface area (Å²) in [6, 6.07) is 5.51. The predicted molar refractivity (Wildman–Crippen MR) is 86.5 cm³/mol. The van der Waals surface area contributed by atoms with E-state index in [4.69, 9.17) is 0 Å². The molecule has 0 saturated heterocycles. The summed E-state index contributed by atoms with van der Waals surface area (Å²) in [5.41, 5.74) is 1.33. The van der Waals surface area contributed by atoms with E-state index in [1.807, 2.05) is 13.0 Å². The Labute approximate surface area is 136 Å². The number of fused-ring (bicyclic) bond motifs is 3. The van der Waals surface area contributed by atoms with Crippen molar-refractivity contribution in [2.45, 2.75) is 58.0 Å². The lowest BCUT2D eigenvalue weighted by atomic mass is 9.49. The monoisotopic (exact) mass is 316 g/mol. The molecule has 0 radical (unpaired) electrons. The summed E-state index contributed by atoms with van der Waals surface area (Å²) < 4.78 is 0. The first-order valence-corrected chi connectivity index (χ1v) is 8.27. The number of aliphatic hydroxyl groups excluding tert-OH is 1. The molecule has 0 aromatic heterocycles. The predicted octanol–water partition coefficient (Wildman–Crippen LogP) is 3.48. The van der Waals surface area contributed by atoms with Gasteiger partial charge in [-0.3, -0.25) is 9.59 Å². The van der Waals surface area contributed by atoms with Crippen molar-refractivity contribution in [2.75, 3.05) is 0 Å². The van der Waals surface area contributed by atoms with Crippen LogP contribution in [-0.4, -0.2) is 22.0 Å². The van der Waals surface area contributed by atoms with Gasteiger partial charge in [-0.2, -0.15) is 0 Å². The molecule has 0 heterocycles. The first-order chi connectivity index (χ1) is 10.7. The van der Waals surface area contributed by atoms with Crippen molar-refractivity contribution in [3.05, 3.63) is 34.9 Å². The van der Waals surface area contributed by atoms with E-state index in [1.54, 1.807) is 12.1 Å². The molecule has 1 aromatic rings. The van der Waals surface area contributed by atoms with Crippen molar-refractivity contribution in [3.8, 4) is 0 Å². The number of rotatable bonds is 2. The van der Waals surface area contributed by atoms with E-state index in [0.717, 1.165) is 24.0 Å². The quantitative estimate of drug-likeness (QED) is 0.819. The van der Waals surface area contributed by atoms with Gasteiger partial charge < -0.3 is 10.2 Å². The second-order valence-corrected chi connectivity index (χ2v) is 7.66. The smallest absolute Gasteiger partial charge is 0.309 e. The summed E-state index contributed by atoms with van der Waals surface area (Å²) in [6.45, 7) is 5.46. The highest BCUT2D eigenvalue weighted by Gasteiger charge is 2.56. The summed E-state index contributed by atoms with van der Waals surface area (Å²) >= 11 is 0. The molecule has 0 bridgehead atoms. The SMILES string of the molecule is CC(=O)c1ccc2c(c1)[C@H](O)CC1[C@@](C)(C(=O)O)CCC[C@]21C. The van der Waals surface area contributed by atoms with Crippen LogP contribution < -0.4 is 0 Å². The Bertz CT molecular complexity index is 680. The minimum absolute atomic E-state index is 0.0219. The zero-order chi connectivity index (χ0) is 17.0. The number of benzene rings is 1. The zero-order valence-electron chi connectivity index (χ0n) is 13.9. The van der Waals surface area contributed by atoms with E-state index >= 15 is 0 Å². The van der Waals surface area contributed by atoms with Crippen LogP contribution in [0.25, 0.3) is 0 Å². The van der Waals surface area contributed by atoms with Gasteiger partial charge in [0.2, 0.25) is 0 Å². The second-order valence-electron chi connectivity index (χ2n) is 7.66. The molecule has 4 atom stereocenters. The number of hydrogen-bond donors (Lipinski definition) is 2. The van der Waals surface area contributed by atoms with E-state index in [2.05, 4.69) is 6.92 Å². The zero-order valence-corrected chi connectivity index (χ0v) is 13.9. The highest BCUT2D eigenvalue weighted by molar-refractivity contribution is 5.94. The molecular weight excluding hydrogens is 292 g/mol. The Kier molecular flexibility index (Phi) is 3.64. The Hall–Kier alpha value is -1.68. The van der Waals surface area contributed by atoms with Crippen LogP contribution in [0.3, 0.4) is 0 Å². The average Bonchev–Trinajstić information content (AvgIpc) is 2.49. The molecule has 1 saturated carbocycles. The van der Waals surface area contributed by atoms with Crippen LogP contribution in [0.1, 0.15) is 74.0 Å². The fraction of sp³-hybridized carbons (Fsp3) is 0.579. The van der Waals surface area contributed by atoms with Crippen molar-refractivity contribution in [2.24, 2.45) is 11.3 Å². The first kappa shape index (κ1) is 16.2. The van der Waals surface area contributed by atoms with Crippen molar-refractivity contribution in [1.82, 2.24) is 0 Å². The number of aliphatic hydroxyl groups is 1. The van der Waals surface area contributed by atoms with Gasteiger partial charge in [-0.05, 0) is 61.6 Å². The minimum Gasteiger partial charge on any atom is -0.481 e. The standard InChI is InChI=1S/C19H24O4/c1-11(20)12-5-6-14-13(9-12)15(21)10-16-18(14,2)7-4-8-19(16,3)17(22)23/h5-6,9,15-16,21H,4,7-8,10H2,1-3H3,(H,22,23)/t15-,16?,18-,19+/m1/s1. The molecular formula is C19H24O4. The Balaban J connectivity index is 2.16. The number of carboxylic acid groups (broad SMARTS) is 1. The Morgan fingerprint density at radius 3 is 2.52 bits per heavy atom. The molecule has 124 valence electrons. The van der Waals surface area contributed by atoms with Crippen molar-refractivity contribution < 1.29 is 19.8 Å². The van der Waals surface area contributed by atoms with Crippen LogP contribution in [0, 0.1) is 11.3 Å². The molecule has 2 N–H and O–H groups in total. The lowest BCUT2D eigenvalue weighted by Gasteiger charge is -2.54. The summed E-state index contributed by atoms with van der Waals surface area (Å²) in [6.07, 6.45) is 2.16. The molecule has 1 unspecified atom stereocenters. The fourth-order valence-corrected chi connectivity index (χ4v) is 4.90. The van der Waals surface area contributed by atoms with E-state index in [0.29, 0.717) is 18.4 Å². The topological polar surface area (TPSA) is 74.6 Å². The van der Waals surface area contributed by atoms with Crippen LogP contribution in [0.2, 0.25) is 0 Å². The highest BCUT2D eigenvalue weighted by atomic mass is 16.4. The molecule has 1 fully saturated rings. The molecule has 4 heteroatoms. The molecule has 2 aliphatic rings. The van der Waals surface area contributed by atoms with E-state index in [-0.39, 0.29) is 17.1 Å². The van der Waals surface area contributed by atoms with Crippen LogP contribution in [0.15, 0.2) is 18.2 Å². The third kappa shape index (κ3) is 2.23. The van der Waals surface area contributed by atoms with Crippen LogP contribution in [0.5, 0.6) is 0 Å². The molecule has 0 spiro atoms. The number of aliphatic carboxylic acids is 1. The van der Waals surface area contributed by atoms with Gasteiger partial charge in [0.05, 0.1) is 11.5 Å². The van der Waals surface area contributed by atoms with Gasteiger partial charge in [0.25, 0.3) is 0 Å². The van der Waals surface area contributed by atoms with Gasteiger partial charge in [0.15, 0.2) is 5.78 Å². The molecule has 3 rings (SSSR count). The van der Waals surface area contributed by atoms with Crippen molar-refractivity contribution in [3.63, 3.8) is 0 Å². The molecule has 0 aliphatic heterocycles. The maximum absolute atomic E-state index is 11.9. The van der Waals surface area contributed by atoms with Gasteiger partial charge in [0.1, 0.15) is 0 Å². The van der Waals surface area contributed by atoms with E-state index in [1.165, 1.54) is 6.92 Å². The average molecular weight is 316 g/mol. The second kappa shape index (κ2) is 5.17. The first-order valence-electron chi connectivity index (χ1n) is 8.27. The number of carbonyl (C=O) groups excluding carboxylic acids is 1. The number of hydrogen-bond acceptors (Lipinski definition) is 3. The fourth-order valence-electron chi connectivity index (χ4n) is 4.90. The maximum atomic E-state index is 11.9. The third-order valence-corrected chi connectivity index (χ3v) is 6.31. The normalized spacial score (nSPS) is 36.0. The lowest BCUT2D eigenvalue weighted by molar-refractivity contribution is -0.159. The van der Waals surface area contributed by atoms with Gasteiger partial charge in [0, 0.05) is 5.56 Å². The number of carbonyl (C=O) groups is 2. The van der Waals surface area contributed by atoms with Gasteiger partial charge >= 0.3 is 5.97 Å². The van der Waals surface area contributed by atoms with Crippen LogP contribution >= 0.6 is 0 Å². The highest BCUT2D eigenvalue weighted by Crippen LogP contribution is 2.59. The number of Topliss-reactive ketones (excluding diaryl/α,β-unsaturated/α-hetero) is 1.